The van der Waals surface area contributed by atoms with Crippen LogP contribution in [-0.2, 0) is 4.74 Å². The van der Waals surface area contributed by atoms with Crippen LogP contribution in [0.25, 0.3) is 0 Å². The maximum atomic E-state index is 13.7. The van der Waals surface area contributed by atoms with Gasteiger partial charge in [-0.3, -0.25) is 4.79 Å². The van der Waals surface area contributed by atoms with Crippen LogP contribution in [0.3, 0.4) is 0 Å². The molecule has 0 atom stereocenters. The van der Waals surface area contributed by atoms with Gasteiger partial charge < -0.3 is 10.1 Å². The number of halogens is 1. The van der Waals surface area contributed by atoms with Crippen molar-refractivity contribution >= 4 is 28.2 Å². The Bertz CT molecular complexity index is 724. The maximum absolute atomic E-state index is 13.7. The van der Waals surface area contributed by atoms with E-state index in [2.05, 4.69) is 5.32 Å². The number of hydrogen-bond donors (Lipinski definition) is 1. The molecular formula is C16H16FNO3S. The number of carbonyl (C=O) groups is 2. The van der Waals surface area contributed by atoms with Crippen LogP contribution < -0.4 is 5.32 Å². The first-order valence-electron chi connectivity index (χ1n) is 6.78. The predicted molar refractivity (Wildman–Crippen MR) is 84.1 cm³/mol. The van der Waals surface area contributed by atoms with Crippen molar-refractivity contribution in [3.05, 3.63) is 51.7 Å². The number of ether oxygens (including phenoxy) is 1. The SMILES string of the molecule is CCOC(=O)c1c(NC(=O)c2ccccc2F)sc(C)c1C. The van der Waals surface area contributed by atoms with Crippen molar-refractivity contribution in [1.29, 1.82) is 0 Å². The molecule has 1 N–H and O–H groups in total. The van der Waals surface area contributed by atoms with Gasteiger partial charge in [-0.25, -0.2) is 9.18 Å². The van der Waals surface area contributed by atoms with E-state index in [1.807, 2.05) is 6.92 Å². The van der Waals surface area contributed by atoms with Crippen LogP contribution in [0.15, 0.2) is 24.3 Å². The van der Waals surface area contributed by atoms with E-state index in [4.69, 9.17) is 4.74 Å². The average molecular weight is 321 g/mol. The molecule has 0 radical (unpaired) electrons. The lowest BCUT2D eigenvalue weighted by molar-refractivity contribution is 0.0527. The third-order valence-electron chi connectivity index (χ3n) is 3.21. The minimum atomic E-state index is -0.609. The van der Waals surface area contributed by atoms with Crippen LogP contribution in [0.5, 0.6) is 0 Å². The van der Waals surface area contributed by atoms with E-state index in [9.17, 15) is 14.0 Å². The number of anilines is 1. The Balaban J connectivity index is 2.34. The summed E-state index contributed by atoms with van der Waals surface area (Å²) in [7, 11) is 0. The van der Waals surface area contributed by atoms with Gasteiger partial charge in [0.25, 0.3) is 5.91 Å². The largest absolute Gasteiger partial charge is 0.462 e. The molecule has 0 saturated carbocycles. The van der Waals surface area contributed by atoms with Crippen molar-refractivity contribution in [3.8, 4) is 0 Å². The lowest BCUT2D eigenvalue weighted by atomic mass is 10.1. The minimum absolute atomic E-state index is 0.0685. The molecule has 1 heterocycles. The number of carbonyl (C=O) groups excluding carboxylic acids is 2. The van der Waals surface area contributed by atoms with Crippen molar-refractivity contribution in [2.24, 2.45) is 0 Å². The van der Waals surface area contributed by atoms with E-state index in [0.717, 1.165) is 10.4 Å². The zero-order valence-corrected chi connectivity index (χ0v) is 13.3. The highest BCUT2D eigenvalue weighted by atomic mass is 32.1. The lowest BCUT2D eigenvalue weighted by Crippen LogP contribution is -2.16. The van der Waals surface area contributed by atoms with Gasteiger partial charge in [0.15, 0.2) is 0 Å². The maximum Gasteiger partial charge on any atom is 0.341 e. The van der Waals surface area contributed by atoms with Gasteiger partial charge in [-0.2, -0.15) is 0 Å². The van der Waals surface area contributed by atoms with Gasteiger partial charge >= 0.3 is 5.97 Å². The summed E-state index contributed by atoms with van der Waals surface area (Å²) in [6.07, 6.45) is 0. The predicted octanol–water partition coefficient (Wildman–Crippen LogP) is 3.93. The molecular weight excluding hydrogens is 305 g/mol. The van der Waals surface area contributed by atoms with E-state index in [-0.39, 0.29) is 12.2 Å². The molecule has 2 rings (SSSR count). The van der Waals surface area contributed by atoms with E-state index < -0.39 is 17.7 Å². The van der Waals surface area contributed by atoms with Crippen molar-refractivity contribution in [2.75, 3.05) is 11.9 Å². The number of nitrogens with one attached hydrogen (secondary N) is 1. The second kappa shape index (κ2) is 6.70. The fourth-order valence-electron chi connectivity index (χ4n) is 1.98. The van der Waals surface area contributed by atoms with E-state index >= 15 is 0 Å². The molecule has 0 spiro atoms. The molecule has 0 bridgehead atoms. The summed E-state index contributed by atoms with van der Waals surface area (Å²) in [5.74, 6) is -1.69. The van der Waals surface area contributed by atoms with Gasteiger partial charge in [-0.1, -0.05) is 12.1 Å². The standard InChI is InChI=1S/C16H16FNO3S/c1-4-21-16(20)13-9(2)10(3)22-15(13)18-14(19)11-7-5-6-8-12(11)17/h5-8H,4H2,1-3H3,(H,18,19). The Morgan fingerprint density at radius 1 is 1.27 bits per heavy atom. The lowest BCUT2D eigenvalue weighted by Gasteiger charge is -2.07. The summed E-state index contributed by atoms with van der Waals surface area (Å²) in [6.45, 7) is 5.59. The number of benzene rings is 1. The summed E-state index contributed by atoms with van der Waals surface area (Å²) in [5, 5.41) is 2.98. The topological polar surface area (TPSA) is 55.4 Å². The smallest absolute Gasteiger partial charge is 0.341 e. The Morgan fingerprint density at radius 2 is 1.95 bits per heavy atom. The van der Waals surface area contributed by atoms with Crippen LogP contribution in [0.1, 0.15) is 38.1 Å². The van der Waals surface area contributed by atoms with Crippen LogP contribution >= 0.6 is 11.3 Å². The minimum Gasteiger partial charge on any atom is -0.462 e. The Kier molecular flexibility index (Phi) is 4.92. The fraction of sp³-hybridized carbons (Fsp3) is 0.250. The summed E-state index contributed by atoms with van der Waals surface area (Å²) in [5.41, 5.74) is 1.02. The van der Waals surface area contributed by atoms with E-state index in [1.165, 1.54) is 29.5 Å². The first kappa shape index (κ1) is 16.2. The van der Waals surface area contributed by atoms with Crippen molar-refractivity contribution in [3.63, 3.8) is 0 Å². The Hall–Kier alpha value is -2.21. The summed E-state index contributed by atoms with van der Waals surface area (Å²) in [6, 6.07) is 5.69. The quantitative estimate of drug-likeness (QED) is 0.868. The normalized spacial score (nSPS) is 10.4. The molecule has 1 aromatic heterocycles. The fourth-order valence-corrected chi connectivity index (χ4v) is 3.02. The molecule has 1 aromatic carbocycles. The number of aryl methyl sites for hydroxylation is 1. The zero-order chi connectivity index (χ0) is 16.3. The number of amides is 1. The molecule has 4 nitrogen and oxygen atoms in total. The second-order valence-corrected chi connectivity index (χ2v) is 5.87. The number of thiophene rings is 1. The average Bonchev–Trinajstić information content (AvgIpc) is 2.74. The van der Waals surface area contributed by atoms with Gasteiger partial charge in [-0.05, 0) is 38.5 Å². The highest BCUT2D eigenvalue weighted by Gasteiger charge is 2.23. The monoisotopic (exact) mass is 321 g/mol. The van der Waals surface area contributed by atoms with Crippen molar-refractivity contribution in [1.82, 2.24) is 0 Å². The van der Waals surface area contributed by atoms with Crippen LogP contribution in [0, 0.1) is 19.7 Å². The molecule has 0 aliphatic rings. The summed E-state index contributed by atoms with van der Waals surface area (Å²) >= 11 is 1.27. The van der Waals surface area contributed by atoms with E-state index in [1.54, 1.807) is 19.9 Å². The number of hydrogen-bond acceptors (Lipinski definition) is 4. The van der Waals surface area contributed by atoms with Gasteiger partial charge in [-0.15, -0.1) is 11.3 Å². The molecule has 22 heavy (non-hydrogen) atoms. The van der Waals surface area contributed by atoms with E-state index in [0.29, 0.717) is 10.6 Å². The number of esters is 1. The van der Waals surface area contributed by atoms with Gasteiger partial charge in [0.1, 0.15) is 10.8 Å². The highest BCUT2D eigenvalue weighted by Crippen LogP contribution is 2.33. The first-order chi connectivity index (χ1) is 10.5. The third kappa shape index (κ3) is 3.17. The molecule has 1 amide bonds. The van der Waals surface area contributed by atoms with Gasteiger partial charge in [0, 0.05) is 4.88 Å². The van der Waals surface area contributed by atoms with Crippen molar-refractivity contribution in [2.45, 2.75) is 20.8 Å². The van der Waals surface area contributed by atoms with Crippen LogP contribution in [-0.4, -0.2) is 18.5 Å². The van der Waals surface area contributed by atoms with Gasteiger partial charge in [0.05, 0.1) is 17.7 Å². The second-order valence-electron chi connectivity index (χ2n) is 4.64. The summed E-state index contributed by atoms with van der Waals surface area (Å²) < 4.78 is 18.7. The zero-order valence-electron chi connectivity index (χ0n) is 12.5. The first-order valence-corrected chi connectivity index (χ1v) is 7.60. The molecule has 116 valence electrons. The van der Waals surface area contributed by atoms with Crippen LogP contribution in [0.4, 0.5) is 9.39 Å². The molecule has 0 aliphatic heterocycles. The Labute approximate surface area is 131 Å². The molecule has 0 fully saturated rings. The third-order valence-corrected chi connectivity index (χ3v) is 4.33. The van der Waals surface area contributed by atoms with Crippen molar-refractivity contribution < 1.29 is 18.7 Å². The number of rotatable bonds is 4. The van der Waals surface area contributed by atoms with Crippen LogP contribution in [0.2, 0.25) is 0 Å². The molecule has 2 aromatic rings. The molecule has 0 aliphatic carbocycles. The summed E-state index contributed by atoms with van der Waals surface area (Å²) in [4.78, 5) is 25.1. The molecule has 0 saturated heterocycles. The molecule has 0 unspecified atom stereocenters. The molecule has 6 heteroatoms. The Morgan fingerprint density at radius 3 is 2.59 bits per heavy atom. The van der Waals surface area contributed by atoms with Gasteiger partial charge in [0.2, 0.25) is 0 Å². The highest BCUT2D eigenvalue weighted by molar-refractivity contribution is 7.16.